The molecule has 4 nitrogen and oxygen atoms in total. The third kappa shape index (κ3) is 4.46. The van der Waals surface area contributed by atoms with Crippen LogP contribution < -0.4 is 9.47 Å². The van der Waals surface area contributed by atoms with Gasteiger partial charge in [-0.05, 0) is 47.0 Å². The molecule has 0 radical (unpaired) electrons. The highest BCUT2D eigenvalue weighted by Crippen LogP contribution is 2.20. The lowest BCUT2D eigenvalue weighted by Gasteiger charge is -2.05. The van der Waals surface area contributed by atoms with Gasteiger partial charge < -0.3 is 14.6 Å². The average Bonchev–Trinajstić information content (AvgIpc) is 2.53. The van der Waals surface area contributed by atoms with E-state index in [9.17, 15) is 9.90 Å². The van der Waals surface area contributed by atoms with Crippen LogP contribution in [-0.4, -0.2) is 18.2 Å². The summed E-state index contributed by atoms with van der Waals surface area (Å²) in [6, 6.07) is 12.8. The quantitative estimate of drug-likeness (QED) is 0.523. The highest BCUT2D eigenvalue weighted by molar-refractivity contribution is 5.72. The molecule has 1 N–H and O–H groups in total. The van der Waals surface area contributed by atoms with Crippen LogP contribution in [0.1, 0.15) is 23.6 Å². The standard InChI is InChI=1S/C18H18O4/c1-13(20)22-17-7-5-14(6-8-17)3-4-15-9-16(12-19)11-18(10-15)21-2/h3-11,19H,12H2,1-2H3/b4-3+. The van der Waals surface area contributed by atoms with E-state index in [0.717, 1.165) is 16.7 Å². The van der Waals surface area contributed by atoms with E-state index in [0.29, 0.717) is 11.5 Å². The minimum Gasteiger partial charge on any atom is -0.497 e. The molecule has 0 saturated heterocycles. The van der Waals surface area contributed by atoms with Gasteiger partial charge in [-0.25, -0.2) is 0 Å². The number of hydrogen-bond acceptors (Lipinski definition) is 4. The monoisotopic (exact) mass is 298 g/mol. The molecule has 0 fully saturated rings. The summed E-state index contributed by atoms with van der Waals surface area (Å²) in [6.07, 6.45) is 3.87. The number of aliphatic hydroxyl groups is 1. The number of rotatable bonds is 5. The summed E-state index contributed by atoms with van der Waals surface area (Å²) in [5.41, 5.74) is 2.71. The minimum atomic E-state index is -0.337. The van der Waals surface area contributed by atoms with Crippen molar-refractivity contribution in [1.29, 1.82) is 0 Å². The molecule has 0 spiro atoms. The van der Waals surface area contributed by atoms with E-state index >= 15 is 0 Å². The lowest BCUT2D eigenvalue weighted by molar-refractivity contribution is -0.131. The van der Waals surface area contributed by atoms with Crippen molar-refractivity contribution in [1.82, 2.24) is 0 Å². The molecule has 0 saturated carbocycles. The van der Waals surface area contributed by atoms with E-state index in [4.69, 9.17) is 9.47 Å². The maximum absolute atomic E-state index is 10.9. The number of aliphatic hydroxyl groups excluding tert-OH is 1. The average molecular weight is 298 g/mol. The molecule has 2 aromatic carbocycles. The molecule has 0 unspecified atom stereocenters. The van der Waals surface area contributed by atoms with Gasteiger partial charge in [-0.3, -0.25) is 4.79 Å². The van der Waals surface area contributed by atoms with Gasteiger partial charge in [0.2, 0.25) is 0 Å². The molecule has 114 valence electrons. The molecule has 0 bridgehead atoms. The Morgan fingerprint density at radius 3 is 2.32 bits per heavy atom. The third-order valence-electron chi connectivity index (χ3n) is 3.02. The van der Waals surface area contributed by atoms with Crippen molar-refractivity contribution in [2.45, 2.75) is 13.5 Å². The van der Waals surface area contributed by atoms with Crippen molar-refractivity contribution in [3.63, 3.8) is 0 Å². The first-order valence-electron chi connectivity index (χ1n) is 6.86. The summed E-state index contributed by atoms with van der Waals surface area (Å²) in [5.74, 6) is 0.890. The Morgan fingerprint density at radius 2 is 1.73 bits per heavy atom. The second kappa shape index (κ2) is 7.43. The first-order valence-corrected chi connectivity index (χ1v) is 6.86. The molecular weight excluding hydrogens is 280 g/mol. The molecule has 0 aromatic heterocycles. The number of methoxy groups -OCH3 is 1. The zero-order chi connectivity index (χ0) is 15.9. The molecule has 0 aliphatic heterocycles. The second-order valence-electron chi connectivity index (χ2n) is 4.77. The molecule has 0 aliphatic rings. The van der Waals surface area contributed by atoms with Crippen molar-refractivity contribution in [3.8, 4) is 11.5 Å². The number of esters is 1. The van der Waals surface area contributed by atoms with Crippen LogP contribution in [0.5, 0.6) is 11.5 Å². The third-order valence-corrected chi connectivity index (χ3v) is 3.02. The van der Waals surface area contributed by atoms with Gasteiger partial charge in [0.05, 0.1) is 13.7 Å². The predicted molar refractivity (Wildman–Crippen MR) is 85.6 cm³/mol. The minimum absolute atomic E-state index is 0.0326. The fourth-order valence-corrected chi connectivity index (χ4v) is 2.00. The van der Waals surface area contributed by atoms with Crippen LogP contribution in [-0.2, 0) is 11.4 Å². The van der Waals surface area contributed by atoms with E-state index in [1.807, 2.05) is 36.4 Å². The summed E-state index contributed by atoms with van der Waals surface area (Å²) in [6.45, 7) is 1.34. The molecular formula is C18H18O4. The van der Waals surface area contributed by atoms with Gasteiger partial charge in [0, 0.05) is 6.92 Å². The number of carbonyl (C=O) groups is 1. The molecule has 0 atom stereocenters. The molecule has 0 heterocycles. The Labute approximate surface area is 129 Å². The van der Waals surface area contributed by atoms with Gasteiger partial charge in [-0.15, -0.1) is 0 Å². The largest absolute Gasteiger partial charge is 0.497 e. The van der Waals surface area contributed by atoms with E-state index in [1.165, 1.54) is 6.92 Å². The second-order valence-corrected chi connectivity index (χ2v) is 4.77. The van der Waals surface area contributed by atoms with Crippen molar-refractivity contribution in [2.24, 2.45) is 0 Å². The summed E-state index contributed by atoms with van der Waals surface area (Å²) in [7, 11) is 1.59. The fraction of sp³-hybridized carbons (Fsp3) is 0.167. The highest BCUT2D eigenvalue weighted by Gasteiger charge is 1.99. The Morgan fingerprint density at radius 1 is 1.05 bits per heavy atom. The van der Waals surface area contributed by atoms with E-state index in [1.54, 1.807) is 25.3 Å². The molecule has 22 heavy (non-hydrogen) atoms. The smallest absolute Gasteiger partial charge is 0.308 e. The van der Waals surface area contributed by atoms with E-state index < -0.39 is 0 Å². The molecule has 2 aromatic rings. The number of ether oxygens (including phenoxy) is 2. The van der Waals surface area contributed by atoms with Gasteiger partial charge in [0.15, 0.2) is 0 Å². The maximum atomic E-state index is 10.9. The fourth-order valence-electron chi connectivity index (χ4n) is 2.00. The Hall–Kier alpha value is -2.59. The lowest BCUT2D eigenvalue weighted by atomic mass is 10.1. The number of benzene rings is 2. The van der Waals surface area contributed by atoms with Gasteiger partial charge in [-0.1, -0.05) is 24.3 Å². The summed E-state index contributed by atoms with van der Waals surface area (Å²) in [4.78, 5) is 10.9. The zero-order valence-corrected chi connectivity index (χ0v) is 12.6. The lowest BCUT2D eigenvalue weighted by Crippen LogP contribution is -2.00. The molecule has 2 rings (SSSR count). The Bertz CT molecular complexity index is 650. The molecule has 0 amide bonds. The summed E-state index contributed by atoms with van der Waals surface area (Å²) < 4.78 is 10.2. The van der Waals surface area contributed by atoms with Crippen LogP contribution in [0, 0.1) is 0 Å². The van der Waals surface area contributed by atoms with Crippen LogP contribution in [0.15, 0.2) is 42.5 Å². The van der Waals surface area contributed by atoms with Crippen molar-refractivity contribution >= 4 is 18.1 Å². The van der Waals surface area contributed by atoms with Gasteiger partial charge in [-0.2, -0.15) is 0 Å². The Kier molecular flexibility index (Phi) is 5.33. The van der Waals surface area contributed by atoms with Crippen molar-refractivity contribution < 1.29 is 19.4 Å². The van der Waals surface area contributed by atoms with Crippen LogP contribution in [0.4, 0.5) is 0 Å². The zero-order valence-electron chi connectivity index (χ0n) is 12.6. The van der Waals surface area contributed by atoms with Crippen LogP contribution >= 0.6 is 0 Å². The van der Waals surface area contributed by atoms with Gasteiger partial charge in [0.1, 0.15) is 11.5 Å². The summed E-state index contributed by atoms with van der Waals surface area (Å²) in [5, 5.41) is 9.25. The first-order chi connectivity index (χ1) is 10.6. The Balaban J connectivity index is 2.15. The highest BCUT2D eigenvalue weighted by atomic mass is 16.5. The van der Waals surface area contributed by atoms with Crippen molar-refractivity contribution in [2.75, 3.05) is 7.11 Å². The van der Waals surface area contributed by atoms with Gasteiger partial charge in [0.25, 0.3) is 0 Å². The molecule has 4 heteroatoms. The van der Waals surface area contributed by atoms with E-state index in [2.05, 4.69) is 0 Å². The van der Waals surface area contributed by atoms with Gasteiger partial charge >= 0.3 is 5.97 Å². The SMILES string of the molecule is COc1cc(/C=C/c2ccc(OC(C)=O)cc2)cc(CO)c1. The summed E-state index contributed by atoms with van der Waals surface area (Å²) >= 11 is 0. The maximum Gasteiger partial charge on any atom is 0.308 e. The van der Waals surface area contributed by atoms with Crippen LogP contribution in [0.2, 0.25) is 0 Å². The number of hydrogen-bond donors (Lipinski definition) is 1. The van der Waals surface area contributed by atoms with Crippen molar-refractivity contribution in [3.05, 3.63) is 59.2 Å². The van der Waals surface area contributed by atoms with Crippen LogP contribution in [0.25, 0.3) is 12.2 Å². The van der Waals surface area contributed by atoms with E-state index in [-0.39, 0.29) is 12.6 Å². The van der Waals surface area contributed by atoms with Crippen LogP contribution in [0.3, 0.4) is 0 Å². The molecule has 0 aliphatic carbocycles. The predicted octanol–water partition coefficient (Wildman–Crippen LogP) is 3.28. The number of carbonyl (C=O) groups excluding carboxylic acids is 1. The normalized spacial score (nSPS) is 10.7. The first kappa shape index (κ1) is 15.8. The topological polar surface area (TPSA) is 55.8 Å².